The molecule has 1 rings (SSSR count). The molecule has 4 heteroatoms. The van der Waals surface area contributed by atoms with Gasteiger partial charge >= 0.3 is 5.97 Å². The van der Waals surface area contributed by atoms with Crippen molar-refractivity contribution < 1.29 is 9.53 Å². The second kappa shape index (κ2) is 8.14. The lowest BCUT2D eigenvalue weighted by atomic mass is 9.85. The molecule has 0 aromatic carbocycles. The van der Waals surface area contributed by atoms with Gasteiger partial charge in [0.25, 0.3) is 0 Å². The van der Waals surface area contributed by atoms with Gasteiger partial charge in [-0.25, -0.2) is 0 Å². The minimum Gasteiger partial charge on any atom is -0.465 e. The van der Waals surface area contributed by atoms with Crippen LogP contribution < -0.4 is 5.73 Å². The summed E-state index contributed by atoms with van der Waals surface area (Å²) in [6.45, 7) is 12.3. The van der Waals surface area contributed by atoms with E-state index in [2.05, 4.69) is 18.7 Å². The van der Waals surface area contributed by atoms with E-state index in [9.17, 15) is 4.79 Å². The topological polar surface area (TPSA) is 55.6 Å². The highest BCUT2D eigenvalue weighted by atomic mass is 16.5. The van der Waals surface area contributed by atoms with Crippen LogP contribution in [0.1, 0.15) is 66.2 Å². The molecule has 1 atom stereocenters. The molecule has 0 radical (unpaired) electrons. The Bertz CT molecular complexity index is 327. The molecule has 0 spiro atoms. The summed E-state index contributed by atoms with van der Waals surface area (Å²) in [6.07, 6.45) is 6.69. The zero-order valence-corrected chi connectivity index (χ0v) is 14.4. The predicted molar refractivity (Wildman–Crippen MR) is 87.1 cm³/mol. The smallest absolute Gasteiger partial charge is 0.325 e. The zero-order valence-electron chi connectivity index (χ0n) is 14.4. The van der Waals surface area contributed by atoms with E-state index in [-0.39, 0.29) is 5.97 Å². The second-order valence-corrected chi connectivity index (χ2v) is 7.45. The number of nitrogens with two attached hydrogens (primary N) is 1. The average molecular weight is 298 g/mol. The molecule has 1 fully saturated rings. The van der Waals surface area contributed by atoms with Gasteiger partial charge in [-0.15, -0.1) is 0 Å². The first-order valence-electron chi connectivity index (χ1n) is 8.45. The van der Waals surface area contributed by atoms with E-state index in [1.54, 1.807) is 6.92 Å². The van der Waals surface area contributed by atoms with E-state index < -0.39 is 5.54 Å². The fourth-order valence-electron chi connectivity index (χ4n) is 2.93. The Morgan fingerprint density at radius 3 is 2.67 bits per heavy atom. The highest BCUT2D eigenvalue weighted by molar-refractivity contribution is 5.79. The number of carbonyl (C=O) groups excluding carboxylic acids is 1. The first-order chi connectivity index (χ1) is 9.77. The number of unbranched alkanes of at least 4 members (excludes halogenated alkanes) is 1. The van der Waals surface area contributed by atoms with Gasteiger partial charge in [0.2, 0.25) is 0 Å². The van der Waals surface area contributed by atoms with Gasteiger partial charge < -0.3 is 15.4 Å². The summed E-state index contributed by atoms with van der Waals surface area (Å²) < 4.78 is 5.02. The van der Waals surface area contributed by atoms with E-state index in [0.717, 1.165) is 19.4 Å². The number of hydrogen-bond acceptors (Lipinski definition) is 4. The van der Waals surface area contributed by atoms with Crippen molar-refractivity contribution in [1.82, 2.24) is 4.90 Å². The molecule has 1 aliphatic heterocycles. The van der Waals surface area contributed by atoms with Crippen LogP contribution in [0.2, 0.25) is 0 Å². The number of rotatable bonds is 7. The fourth-order valence-corrected chi connectivity index (χ4v) is 2.93. The molecular weight excluding hydrogens is 264 g/mol. The van der Waals surface area contributed by atoms with Gasteiger partial charge in [-0.2, -0.15) is 0 Å². The summed E-state index contributed by atoms with van der Waals surface area (Å²) in [5.41, 5.74) is 5.70. The number of likely N-dealkylation sites (tertiary alicyclic amines) is 1. The third kappa shape index (κ3) is 6.79. The van der Waals surface area contributed by atoms with Crippen molar-refractivity contribution in [3.63, 3.8) is 0 Å². The lowest BCUT2D eigenvalue weighted by Gasteiger charge is -2.24. The number of ether oxygens (including phenoxy) is 1. The molecule has 1 unspecified atom stereocenters. The molecule has 0 bridgehead atoms. The highest BCUT2D eigenvalue weighted by Gasteiger charge is 2.29. The van der Waals surface area contributed by atoms with Gasteiger partial charge in [0.1, 0.15) is 5.54 Å². The monoisotopic (exact) mass is 298 g/mol. The van der Waals surface area contributed by atoms with E-state index in [4.69, 9.17) is 10.5 Å². The number of nitrogens with zero attached hydrogens (tertiary/aromatic N) is 1. The molecule has 124 valence electrons. The van der Waals surface area contributed by atoms with E-state index >= 15 is 0 Å². The molecule has 1 aliphatic rings. The third-order valence-electron chi connectivity index (χ3n) is 4.59. The largest absolute Gasteiger partial charge is 0.465 e. The highest BCUT2D eigenvalue weighted by Crippen LogP contribution is 2.29. The van der Waals surface area contributed by atoms with Gasteiger partial charge in [-0.1, -0.05) is 13.8 Å². The van der Waals surface area contributed by atoms with Crippen LogP contribution in [0.15, 0.2) is 0 Å². The summed E-state index contributed by atoms with van der Waals surface area (Å²) >= 11 is 0. The molecule has 0 aliphatic carbocycles. The normalized spacial score (nSPS) is 22.3. The van der Waals surface area contributed by atoms with E-state index in [0.29, 0.717) is 18.4 Å². The van der Waals surface area contributed by atoms with Gasteiger partial charge in [0.05, 0.1) is 6.61 Å². The van der Waals surface area contributed by atoms with Crippen LogP contribution in [-0.4, -0.2) is 42.6 Å². The maximum absolute atomic E-state index is 11.7. The molecule has 1 saturated heterocycles. The summed E-state index contributed by atoms with van der Waals surface area (Å²) in [4.78, 5) is 14.3. The van der Waals surface area contributed by atoms with E-state index in [1.807, 2.05) is 6.92 Å². The van der Waals surface area contributed by atoms with Crippen LogP contribution in [0.4, 0.5) is 0 Å². The Morgan fingerprint density at radius 1 is 1.29 bits per heavy atom. The van der Waals surface area contributed by atoms with Gasteiger partial charge in [0.15, 0.2) is 0 Å². The van der Waals surface area contributed by atoms with Crippen molar-refractivity contribution in [1.29, 1.82) is 0 Å². The van der Waals surface area contributed by atoms with Gasteiger partial charge in [-0.3, -0.25) is 4.79 Å². The van der Waals surface area contributed by atoms with Crippen molar-refractivity contribution in [2.24, 2.45) is 11.1 Å². The summed E-state index contributed by atoms with van der Waals surface area (Å²) in [5.74, 6) is -0.276. The van der Waals surface area contributed by atoms with Crippen molar-refractivity contribution >= 4 is 5.97 Å². The molecular formula is C17H34N2O2. The summed E-state index contributed by atoms with van der Waals surface area (Å²) in [7, 11) is 0. The van der Waals surface area contributed by atoms with Crippen molar-refractivity contribution in [2.45, 2.75) is 71.8 Å². The Kier molecular flexibility index (Phi) is 7.14. The standard InChI is InChI=1S/C17H34N2O2/c1-5-21-15(20)17(4,18)10-6-7-12-19-13-8-9-16(2,3)11-14-19/h5-14,18H2,1-4H3. The molecule has 2 N–H and O–H groups in total. The van der Waals surface area contributed by atoms with Crippen molar-refractivity contribution in [2.75, 3.05) is 26.2 Å². The van der Waals surface area contributed by atoms with Crippen molar-refractivity contribution in [3.05, 3.63) is 0 Å². The maximum atomic E-state index is 11.7. The first-order valence-corrected chi connectivity index (χ1v) is 8.45. The van der Waals surface area contributed by atoms with Crippen LogP contribution in [0.25, 0.3) is 0 Å². The molecule has 4 nitrogen and oxygen atoms in total. The lowest BCUT2D eigenvalue weighted by Crippen LogP contribution is -2.46. The summed E-state index contributed by atoms with van der Waals surface area (Å²) in [6, 6.07) is 0. The van der Waals surface area contributed by atoms with Crippen LogP contribution >= 0.6 is 0 Å². The van der Waals surface area contributed by atoms with Gasteiger partial charge in [0, 0.05) is 0 Å². The van der Waals surface area contributed by atoms with Crippen LogP contribution in [0.3, 0.4) is 0 Å². The van der Waals surface area contributed by atoms with Crippen LogP contribution in [-0.2, 0) is 9.53 Å². The lowest BCUT2D eigenvalue weighted by molar-refractivity contribution is -0.149. The number of carbonyl (C=O) groups is 1. The Balaban J connectivity index is 2.23. The Labute approximate surface area is 130 Å². The third-order valence-corrected chi connectivity index (χ3v) is 4.59. The SMILES string of the molecule is CCOC(=O)C(C)(N)CCCCN1CCCC(C)(C)CC1. The molecule has 0 amide bonds. The minimum absolute atomic E-state index is 0.276. The molecule has 21 heavy (non-hydrogen) atoms. The molecule has 0 saturated carbocycles. The molecule has 0 aromatic rings. The van der Waals surface area contributed by atoms with Gasteiger partial charge in [-0.05, 0) is 77.4 Å². The number of hydrogen-bond donors (Lipinski definition) is 1. The number of esters is 1. The van der Waals surface area contributed by atoms with E-state index in [1.165, 1.54) is 32.4 Å². The maximum Gasteiger partial charge on any atom is 0.325 e. The Hall–Kier alpha value is -0.610. The second-order valence-electron chi connectivity index (χ2n) is 7.45. The Morgan fingerprint density at radius 2 is 2.00 bits per heavy atom. The zero-order chi connectivity index (χ0) is 15.9. The minimum atomic E-state index is -0.837. The predicted octanol–water partition coefficient (Wildman–Crippen LogP) is 2.95. The first kappa shape index (κ1) is 18.4. The van der Waals surface area contributed by atoms with Crippen LogP contribution in [0, 0.1) is 5.41 Å². The average Bonchev–Trinajstić information content (AvgIpc) is 2.56. The molecule has 0 aromatic heterocycles. The van der Waals surface area contributed by atoms with Crippen molar-refractivity contribution in [3.8, 4) is 0 Å². The quantitative estimate of drug-likeness (QED) is 0.580. The fraction of sp³-hybridized carbons (Fsp3) is 0.941. The molecule has 1 heterocycles. The summed E-state index contributed by atoms with van der Waals surface area (Å²) in [5, 5.41) is 0. The van der Waals surface area contributed by atoms with Crippen LogP contribution in [0.5, 0.6) is 0 Å².